The first-order valence-electron chi connectivity index (χ1n) is 6.50. The molecule has 0 radical (unpaired) electrons. The van der Waals surface area contributed by atoms with Gasteiger partial charge >= 0.3 is 5.97 Å². The van der Waals surface area contributed by atoms with E-state index < -0.39 is 0 Å². The third kappa shape index (κ3) is 2.84. The van der Waals surface area contributed by atoms with E-state index in [0.29, 0.717) is 17.4 Å². The third-order valence-electron chi connectivity index (χ3n) is 3.39. The molecule has 0 unspecified atom stereocenters. The first kappa shape index (κ1) is 12.4. The third-order valence-corrected chi connectivity index (χ3v) is 4.53. The van der Waals surface area contributed by atoms with Gasteiger partial charge in [0.1, 0.15) is 11.5 Å². The summed E-state index contributed by atoms with van der Waals surface area (Å²) in [6, 6.07) is 9.70. The zero-order valence-corrected chi connectivity index (χ0v) is 11.4. The molecule has 3 nitrogen and oxygen atoms in total. The van der Waals surface area contributed by atoms with Gasteiger partial charge in [0, 0.05) is 5.92 Å². The summed E-state index contributed by atoms with van der Waals surface area (Å²) in [5, 5.41) is 1.08. The molecule has 98 valence electrons. The highest BCUT2D eigenvalue weighted by molar-refractivity contribution is 7.13. The lowest BCUT2D eigenvalue weighted by molar-refractivity contribution is 0.0478. The van der Waals surface area contributed by atoms with Gasteiger partial charge in [-0.05, 0) is 18.4 Å². The molecule has 1 aromatic carbocycles. The van der Waals surface area contributed by atoms with Crippen LogP contribution in [0.15, 0.2) is 36.5 Å². The van der Waals surface area contributed by atoms with E-state index in [1.54, 1.807) is 6.20 Å². The number of rotatable bonds is 4. The van der Waals surface area contributed by atoms with Crippen LogP contribution < -0.4 is 0 Å². The normalized spacial score (nSPS) is 14.9. The van der Waals surface area contributed by atoms with Crippen molar-refractivity contribution in [2.24, 2.45) is 0 Å². The Hall–Kier alpha value is -1.68. The molecule has 1 aliphatic rings. The lowest BCUT2D eigenvalue weighted by Crippen LogP contribution is -2.07. The largest absolute Gasteiger partial charge is 0.457 e. The molecular weight excluding hydrogens is 258 g/mol. The molecule has 4 heteroatoms. The van der Waals surface area contributed by atoms with Crippen molar-refractivity contribution in [3.05, 3.63) is 52.0 Å². The minimum atomic E-state index is -0.271. The van der Waals surface area contributed by atoms with Gasteiger partial charge in [-0.3, -0.25) is 0 Å². The monoisotopic (exact) mass is 273 g/mol. The Kier molecular flexibility index (Phi) is 3.60. The molecule has 0 bridgehead atoms. The van der Waals surface area contributed by atoms with Gasteiger partial charge in [0.15, 0.2) is 0 Å². The lowest BCUT2D eigenvalue weighted by atomic mass is 9.86. The highest BCUT2D eigenvalue weighted by Gasteiger charge is 2.24. The summed E-state index contributed by atoms with van der Waals surface area (Å²) in [5.41, 5.74) is 1.000. The van der Waals surface area contributed by atoms with E-state index in [-0.39, 0.29) is 5.97 Å². The van der Waals surface area contributed by atoms with Gasteiger partial charge in [0.25, 0.3) is 0 Å². The van der Waals surface area contributed by atoms with Crippen LogP contribution in [0.2, 0.25) is 0 Å². The smallest absolute Gasteiger partial charge is 0.350 e. The summed E-state index contributed by atoms with van der Waals surface area (Å²) < 4.78 is 5.29. The predicted octanol–water partition coefficient (Wildman–Crippen LogP) is 3.77. The van der Waals surface area contributed by atoms with E-state index in [1.807, 2.05) is 30.3 Å². The van der Waals surface area contributed by atoms with Gasteiger partial charge in [-0.2, -0.15) is 0 Å². The molecule has 0 saturated heterocycles. The molecule has 0 N–H and O–H groups in total. The summed E-state index contributed by atoms with van der Waals surface area (Å²) in [6.07, 6.45) is 5.32. The highest BCUT2D eigenvalue weighted by atomic mass is 32.1. The second-order valence-electron chi connectivity index (χ2n) is 4.75. The Morgan fingerprint density at radius 3 is 2.79 bits per heavy atom. The molecule has 1 saturated carbocycles. The van der Waals surface area contributed by atoms with Crippen LogP contribution in [0.1, 0.15) is 45.4 Å². The summed E-state index contributed by atoms with van der Waals surface area (Å²) in [4.78, 5) is 16.8. The number of carbonyl (C=O) groups excluding carboxylic acids is 1. The summed E-state index contributed by atoms with van der Waals surface area (Å²) in [5.74, 6) is 0.299. The van der Waals surface area contributed by atoms with Gasteiger partial charge in [-0.15, -0.1) is 11.3 Å². The van der Waals surface area contributed by atoms with Crippen LogP contribution in [0.25, 0.3) is 0 Å². The van der Waals surface area contributed by atoms with Crippen molar-refractivity contribution in [3.63, 3.8) is 0 Å². The molecule has 3 rings (SSSR count). The van der Waals surface area contributed by atoms with Crippen LogP contribution in [0.5, 0.6) is 0 Å². The quantitative estimate of drug-likeness (QED) is 0.796. The fourth-order valence-corrected chi connectivity index (χ4v) is 3.00. The number of carbonyl (C=O) groups is 1. The molecule has 1 heterocycles. The van der Waals surface area contributed by atoms with Crippen molar-refractivity contribution in [1.29, 1.82) is 0 Å². The number of benzene rings is 1. The van der Waals surface area contributed by atoms with Gasteiger partial charge in [0.05, 0.1) is 11.2 Å². The van der Waals surface area contributed by atoms with Crippen molar-refractivity contribution in [2.45, 2.75) is 31.8 Å². The molecule has 2 aromatic rings. The summed E-state index contributed by atoms with van der Waals surface area (Å²) in [6.45, 7) is 0.316. The molecular formula is C15H15NO2S. The molecule has 19 heavy (non-hydrogen) atoms. The van der Waals surface area contributed by atoms with Crippen LogP contribution in [-0.4, -0.2) is 11.0 Å². The van der Waals surface area contributed by atoms with E-state index in [4.69, 9.17) is 4.74 Å². The van der Waals surface area contributed by atoms with Crippen molar-refractivity contribution in [3.8, 4) is 0 Å². The standard InChI is InChI=1S/C15H15NO2S/c17-15(18-10-11-5-2-1-3-6-11)13-9-16-14(19-13)12-7-4-8-12/h1-3,5-6,9,12H,4,7-8,10H2. The molecule has 1 aromatic heterocycles. The van der Waals surface area contributed by atoms with Crippen molar-refractivity contribution < 1.29 is 9.53 Å². The molecule has 0 amide bonds. The Morgan fingerprint density at radius 2 is 2.11 bits per heavy atom. The molecule has 0 aliphatic heterocycles. The fourth-order valence-electron chi connectivity index (χ4n) is 2.02. The number of hydrogen-bond donors (Lipinski definition) is 0. The Bertz CT molecular complexity index is 561. The van der Waals surface area contributed by atoms with E-state index >= 15 is 0 Å². The first-order valence-corrected chi connectivity index (χ1v) is 7.31. The van der Waals surface area contributed by atoms with E-state index in [9.17, 15) is 4.79 Å². The van der Waals surface area contributed by atoms with Crippen molar-refractivity contribution in [2.75, 3.05) is 0 Å². The maximum Gasteiger partial charge on any atom is 0.350 e. The highest BCUT2D eigenvalue weighted by Crippen LogP contribution is 2.38. The van der Waals surface area contributed by atoms with E-state index in [1.165, 1.54) is 30.6 Å². The van der Waals surface area contributed by atoms with Crippen LogP contribution in [-0.2, 0) is 11.3 Å². The number of esters is 1. The van der Waals surface area contributed by atoms with Crippen LogP contribution in [0.3, 0.4) is 0 Å². The van der Waals surface area contributed by atoms with Crippen LogP contribution in [0.4, 0.5) is 0 Å². The molecule has 0 atom stereocenters. The van der Waals surface area contributed by atoms with Crippen molar-refractivity contribution in [1.82, 2.24) is 4.98 Å². The van der Waals surface area contributed by atoms with Crippen LogP contribution >= 0.6 is 11.3 Å². The number of nitrogens with zero attached hydrogens (tertiary/aromatic N) is 1. The topological polar surface area (TPSA) is 39.2 Å². The minimum absolute atomic E-state index is 0.271. The second kappa shape index (κ2) is 5.53. The summed E-state index contributed by atoms with van der Waals surface area (Å²) >= 11 is 1.47. The van der Waals surface area contributed by atoms with Gasteiger partial charge in [0.2, 0.25) is 0 Å². The minimum Gasteiger partial charge on any atom is -0.457 e. The number of aromatic nitrogens is 1. The van der Waals surface area contributed by atoms with Crippen molar-refractivity contribution >= 4 is 17.3 Å². The lowest BCUT2D eigenvalue weighted by Gasteiger charge is -2.22. The zero-order chi connectivity index (χ0) is 13.1. The molecule has 0 spiro atoms. The number of thiazole rings is 1. The predicted molar refractivity (Wildman–Crippen MR) is 74.3 cm³/mol. The van der Waals surface area contributed by atoms with Gasteiger partial charge in [-0.1, -0.05) is 36.8 Å². The molecule has 1 aliphatic carbocycles. The second-order valence-corrected chi connectivity index (χ2v) is 5.81. The average Bonchev–Trinajstić information content (AvgIpc) is 2.84. The number of hydrogen-bond acceptors (Lipinski definition) is 4. The van der Waals surface area contributed by atoms with E-state index in [2.05, 4.69) is 4.98 Å². The maximum absolute atomic E-state index is 11.9. The average molecular weight is 273 g/mol. The fraction of sp³-hybridized carbons (Fsp3) is 0.333. The van der Waals surface area contributed by atoms with Gasteiger partial charge < -0.3 is 4.74 Å². The SMILES string of the molecule is O=C(OCc1ccccc1)c1cnc(C2CCC2)s1. The van der Waals surface area contributed by atoms with Crippen LogP contribution in [0, 0.1) is 0 Å². The summed E-state index contributed by atoms with van der Waals surface area (Å²) in [7, 11) is 0. The first-order chi connectivity index (χ1) is 9.33. The van der Waals surface area contributed by atoms with E-state index in [0.717, 1.165) is 10.6 Å². The Balaban J connectivity index is 1.59. The maximum atomic E-state index is 11.9. The molecule has 1 fully saturated rings. The number of ether oxygens (including phenoxy) is 1. The Morgan fingerprint density at radius 1 is 1.32 bits per heavy atom. The Labute approximate surface area is 116 Å². The zero-order valence-electron chi connectivity index (χ0n) is 10.5. The van der Waals surface area contributed by atoms with Gasteiger partial charge in [-0.25, -0.2) is 9.78 Å².